The van der Waals surface area contributed by atoms with E-state index in [4.69, 9.17) is 4.74 Å². The first-order valence-electron chi connectivity index (χ1n) is 8.99. The van der Waals surface area contributed by atoms with E-state index in [1.165, 1.54) is 4.90 Å². The normalized spacial score (nSPS) is 20.4. The van der Waals surface area contributed by atoms with Crippen LogP contribution in [-0.4, -0.2) is 53.2 Å². The zero-order valence-corrected chi connectivity index (χ0v) is 16.5. The quantitative estimate of drug-likeness (QED) is 0.663. The van der Waals surface area contributed by atoms with Gasteiger partial charge in [-0.25, -0.2) is 13.6 Å². The molecule has 1 saturated heterocycles. The second kappa shape index (κ2) is 8.16. The smallest absolute Gasteiger partial charge is 0.444 e. The van der Waals surface area contributed by atoms with Gasteiger partial charge in [0.05, 0.1) is 6.04 Å². The summed E-state index contributed by atoms with van der Waals surface area (Å²) in [6, 6.07) is 0.863. The molecule has 0 aliphatic carbocycles. The summed E-state index contributed by atoms with van der Waals surface area (Å²) in [6.07, 6.45) is -5.92. The predicted molar refractivity (Wildman–Crippen MR) is 93.9 cm³/mol. The minimum Gasteiger partial charge on any atom is -0.444 e. The maximum atomic E-state index is 14.4. The Morgan fingerprint density at radius 1 is 1.17 bits per heavy atom. The molecule has 0 unspecified atom stereocenters. The lowest BCUT2D eigenvalue weighted by Crippen LogP contribution is -2.52. The fourth-order valence-electron chi connectivity index (χ4n) is 3.27. The standard InChI is InChI=1S/C19H23F5N2O3/c1-18(2,3)29-17(28)26-8-7-12(25(4)16(27)19(22,23)24)10-15(26)13-6-5-11(20)9-14(13)21/h5-6,9,12,15H,7-8,10H2,1-4H3/t12-,15+/m1/s1. The first kappa shape index (κ1) is 22.9. The Morgan fingerprint density at radius 3 is 2.31 bits per heavy atom. The molecule has 5 nitrogen and oxygen atoms in total. The fraction of sp³-hybridized carbons (Fsp3) is 0.579. The molecule has 1 heterocycles. The second-order valence-electron chi connectivity index (χ2n) is 7.95. The zero-order valence-electron chi connectivity index (χ0n) is 16.5. The van der Waals surface area contributed by atoms with Crippen molar-refractivity contribution in [2.75, 3.05) is 13.6 Å². The molecule has 2 amide bonds. The molecule has 162 valence electrons. The SMILES string of the molecule is CN(C(=O)C(F)(F)F)[C@@H]1CCN(C(=O)OC(C)(C)C)[C@H](c2ccc(F)cc2F)C1. The Bertz CT molecular complexity index is 776. The Balaban J connectivity index is 2.35. The molecule has 0 bridgehead atoms. The average molecular weight is 422 g/mol. The maximum Gasteiger partial charge on any atom is 0.471 e. The zero-order chi connectivity index (χ0) is 22.1. The molecule has 1 aliphatic heterocycles. The molecule has 29 heavy (non-hydrogen) atoms. The number of hydrogen-bond acceptors (Lipinski definition) is 3. The largest absolute Gasteiger partial charge is 0.471 e. The van der Waals surface area contributed by atoms with Gasteiger partial charge in [-0.1, -0.05) is 6.07 Å². The van der Waals surface area contributed by atoms with E-state index in [0.29, 0.717) is 11.0 Å². The predicted octanol–water partition coefficient (Wildman–Crippen LogP) is 4.43. The number of likely N-dealkylation sites (tertiary alicyclic amines) is 1. The number of halogens is 5. The topological polar surface area (TPSA) is 49.9 Å². The second-order valence-corrected chi connectivity index (χ2v) is 7.95. The number of rotatable bonds is 2. The molecular formula is C19H23F5N2O3. The van der Waals surface area contributed by atoms with Gasteiger partial charge in [-0.05, 0) is 39.7 Å². The summed E-state index contributed by atoms with van der Waals surface area (Å²) in [6.45, 7) is 4.86. The summed E-state index contributed by atoms with van der Waals surface area (Å²) in [5.74, 6) is -3.78. The maximum absolute atomic E-state index is 14.4. The molecule has 0 spiro atoms. The van der Waals surface area contributed by atoms with Gasteiger partial charge in [0.25, 0.3) is 0 Å². The van der Waals surface area contributed by atoms with Crippen LogP contribution in [0, 0.1) is 11.6 Å². The lowest BCUT2D eigenvalue weighted by molar-refractivity contribution is -0.187. The number of alkyl halides is 3. The molecular weight excluding hydrogens is 399 g/mol. The molecule has 10 heteroatoms. The van der Waals surface area contributed by atoms with E-state index >= 15 is 0 Å². The Morgan fingerprint density at radius 2 is 1.79 bits per heavy atom. The summed E-state index contributed by atoms with van der Waals surface area (Å²) in [4.78, 5) is 25.9. The molecule has 0 radical (unpaired) electrons. The molecule has 1 fully saturated rings. The van der Waals surface area contributed by atoms with Gasteiger partial charge in [-0.2, -0.15) is 13.2 Å². The van der Waals surface area contributed by atoms with Gasteiger partial charge in [0.15, 0.2) is 0 Å². The molecule has 0 aromatic heterocycles. The van der Waals surface area contributed by atoms with Crippen LogP contribution in [0.5, 0.6) is 0 Å². The van der Waals surface area contributed by atoms with E-state index < -0.39 is 47.5 Å². The number of carbonyl (C=O) groups excluding carboxylic acids is 2. The van der Waals surface area contributed by atoms with Crippen molar-refractivity contribution in [2.24, 2.45) is 0 Å². The van der Waals surface area contributed by atoms with Crippen LogP contribution in [0.3, 0.4) is 0 Å². The summed E-state index contributed by atoms with van der Waals surface area (Å²) in [5.41, 5.74) is -0.905. The van der Waals surface area contributed by atoms with Crippen LogP contribution in [0.1, 0.15) is 45.2 Å². The number of hydrogen-bond donors (Lipinski definition) is 0. The van der Waals surface area contributed by atoms with E-state index in [1.807, 2.05) is 0 Å². The van der Waals surface area contributed by atoms with Gasteiger partial charge in [0, 0.05) is 31.3 Å². The summed E-state index contributed by atoms with van der Waals surface area (Å²) >= 11 is 0. The van der Waals surface area contributed by atoms with E-state index in [0.717, 1.165) is 19.2 Å². The first-order chi connectivity index (χ1) is 13.2. The summed E-state index contributed by atoms with van der Waals surface area (Å²) in [5, 5.41) is 0. The van der Waals surface area contributed by atoms with Crippen molar-refractivity contribution >= 4 is 12.0 Å². The van der Waals surface area contributed by atoms with Crippen molar-refractivity contribution in [3.05, 3.63) is 35.4 Å². The third-order valence-electron chi connectivity index (χ3n) is 4.63. The summed E-state index contributed by atoms with van der Waals surface area (Å²) < 4.78 is 71.4. The highest BCUT2D eigenvalue weighted by molar-refractivity contribution is 5.82. The third-order valence-corrected chi connectivity index (χ3v) is 4.63. The van der Waals surface area contributed by atoms with Crippen molar-refractivity contribution in [3.8, 4) is 0 Å². The number of carbonyl (C=O) groups is 2. The molecule has 0 saturated carbocycles. The number of nitrogens with zero attached hydrogens (tertiary/aromatic N) is 2. The highest BCUT2D eigenvalue weighted by atomic mass is 19.4. The Kier molecular flexibility index (Phi) is 6.44. The van der Waals surface area contributed by atoms with Gasteiger partial charge in [-0.15, -0.1) is 0 Å². The van der Waals surface area contributed by atoms with Gasteiger partial charge in [0.2, 0.25) is 0 Å². The van der Waals surface area contributed by atoms with Crippen LogP contribution < -0.4 is 0 Å². The van der Waals surface area contributed by atoms with Crippen molar-refractivity contribution in [3.63, 3.8) is 0 Å². The Hall–Kier alpha value is -2.39. The van der Waals surface area contributed by atoms with Gasteiger partial charge < -0.3 is 14.5 Å². The highest BCUT2D eigenvalue weighted by Crippen LogP contribution is 2.36. The van der Waals surface area contributed by atoms with Crippen LogP contribution in [0.2, 0.25) is 0 Å². The Labute approximate surface area is 165 Å². The molecule has 1 aliphatic rings. The van der Waals surface area contributed by atoms with Crippen LogP contribution in [0.15, 0.2) is 18.2 Å². The molecule has 0 N–H and O–H groups in total. The number of amides is 2. The molecule has 1 aromatic carbocycles. The minimum absolute atomic E-state index is 0.0525. The van der Waals surface area contributed by atoms with Crippen LogP contribution >= 0.6 is 0 Å². The van der Waals surface area contributed by atoms with Gasteiger partial charge in [0.1, 0.15) is 17.2 Å². The van der Waals surface area contributed by atoms with Crippen molar-refractivity contribution < 1.29 is 36.3 Å². The summed E-state index contributed by atoms with van der Waals surface area (Å²) in [7, 11) is 1.02. The van der Waals surface area contributed by atoms with Gasteiger partial charge >= 0.3 is 18.2 Å². The van der Waals surface area contributed by atoms with E-state index in [1.54, 1.807) is 20.8 Å². The highest BCUT2D eigenvalue weighted by Gasteiger charge is 2.45. The van der Waals surface area contributed by atoms with Crippen molar-refractivity contribution in [1.82, 2.24) is 9.80 Å². The van der Waals surface area contributed by atoms with Crippen molar-refractivity contribution in [2.45, 2.75) is 57.5 Å². The van der Waals surface area contributed by atoms with Crippen LogP contribution in [-0.2, 0) is 9.53 Å². The van der Waals surface area contributed by atoms with E-state index in [9.17, 15) is 31.5 Å². The number of ether oxygens (including phenoxy) is 1. The number of benzene rings is 1. The van der Waals surface area contributed by atoms with E-state index in [-0.39, 0.29) is 24.9 Å². The molecule has 2 atom stereocenters. The van der Waals surface area contributed by atoms with Gasteiger partial charge in [-0.3, -0.25) is 4.79 Å². The minimum atomic E-state index is -5.05. The third kappa shape index (κ3) is 5.57. The lowest BCUT2D eigenvalue weighted by Gasteiger charge is -2.43. The number of piperidine rings is 1. The van der Waals surface area contributed by atoms with Crippen molar-refractivity contribution in [1.29, 1.82) is 0 Å². The van der Waals surface area contributed by atoms with Crippen LogP contribution in [0.25, 0.3) is 0 Å². The molecule has 2 rings (SSSR count). The fourth-order valence-corrected chi connectivity index (χ4v) is 3.27. The molecule has 1 aromatic rings. The van der Waals surface area contributed by atoms with Crippen LogP contribution in [0.4, 0.5) is 26.7 Å². The average Bonchev–Trinajstić information content (AvgIpc) is 2.57. The van der Waals surface area contributed by atoms with E-state index in [2.05, 4.69) is 0 Å². The first-order valence-corrected chi connectivity index (χ1v) is 8.99. The lowest BCUT2D eigenvalue weighted by atomic mass is 9.90. The monoisotopic (exact) mass is 422 g/mol.